The Hall–Kier alpha value is -4.42. The van der Waals surface area contributed by atoms with Crippen LogP contribution in [0.5, 0.6) is 11.5 Å². The molecule has 1 aliphatic heterocycles. The highest BCUT2D eigenvalue weighted by atomic mass is 32.1. The van der Waals surface area contributed by atoms with Crippen LogP contribution >= 0.6 is 12.2 Å². The highest BCUT2D eigenvalue weighted by Gasteiger charge is 2.43. The molecule has 1 fully saturated rings. The molecule has 0 spiro atoms. The van der Waals surface area contributed by atoms with Crippen molar-refractivity contribution in [3.8, 4) is 17.2 Å². The van der Waals surface area contributed by atoms with Gasteiger partial charge in [-0.2, -0.15) is 0 Å². The van der Waals surface area contributed by atoms with Gasteiger partial charge in [0, 0.05) is 34.5 Å². The van der Waals surface area contributed by atoms with E-state index in [4.69, 9.17) is 21.9 Å². The van der Waals surface area contributed by atoms with Crippen LogP contribution < -0.4 is 15.0 Å². The molecular weight excluding hydrogens is 512 g/mol. The minimum atomic E-state index is -0.111. The minimum absolute atomic E-state index is 0.0887. The van der Waals surface area contributed by atoms with Gasteiger partial charge in [0.1, 0.15) is 11.5 Å². The second-order valence-corrected chi connectivity index (χ2v) is 10.6. The molecule has 200 valence electrons. The third kappa shape index (κ3) is 4.54. The Labute approximate surface area is 241 Å². The summed E-state index contributed by atoms with van der Waals surface area (Å²) in [6.45, 7) is 8.66. The molecule has 3 heterocycles. The van der Waals surface area contributed by atoms with E-state index >= 15 is 0 Å². The lowest BCUT2D eigenvalue weighted by molar-refractivity contribution is 0.479. The summed E-state index contributed by atoms with van der Waals surface area (Å²) in [4.78, 5) is 6.97. The molecule has 2 aromatic heterocycles. The first kappa shape index (κ1) is 25.8. The summed E-state index contributed by atoms with van der Waals surface area (Å²) in [7, 11) is 0. The third-order valence-electron chi connectivity index (χ3n) is 7.85. The van der Waals surface area contributed by atoms with E-state index in [-0.39, 0.29) is 12.1 Å². The molecule has 0 aliphatic carbocycles. The maximum atomic E-state index is 6.18. The van der Waals surface area contributed by atoms with E-state index in [0.29, 0.717) is 5.11 Å². The predicted molar refractivity (Wildman–Crippen MR) is 166 cm³/mol. The molecule has 3 aromatic carbocycles. The number of aryl methyl sites for hydroxylation is 1. The summed E-state index contributed by atoms with van der Waals surface area (Å²) in [6.07, 6.45) is 1.84. The lowest BCUT2D eigenvalue weighted by Crippen LogP contribution is -2.29. The fraction of sp³-hybridized carbons (Fsp3) is 0.176. The van der Waals surface area contributed by atoms with Crippen LogP contribution in [0.1, 0.15) is 45.9 Å². The second kappa shape index (κ2) is 10.6. The second-order valence-electron chi connectivity index (χ2n) is 10.2. The average Bonchev–Trinajstić information content (AvgIpc) is 3.42. The smallest absolute Gasteiger partial charge is 0.174 e. The highest BCUT2D eigenvalue weighted by molar-refractivity contribution is 7.80. The maximum Gasteiger partial charge on any atom is 0.174 e. The standard InChI is InChI=1S/C34H32N4OS/c1-22-12-8-9-16-30(22)39-28-19-17-27(18-20-28)38-33(32(36-34(38)40)29-15-10-11-21-35-29)31-23(2)24(3)37(25(31)4)26-13-6-5-7-14-26/h5-21,32-33H,1-4H3,(H,36,40)/t32-,33+/m1/s1. The first-order valence-corrected chi connectivity index (χ1v) is 13.9. The molecule has 0 amide bonds. The largest absolute Gasteiger partial charge is 0.457 e. The number of para-hydroxylation sites is 2. The number of hydrogen-bond acceptors (Lipinski definition) is 3. The first-order chi connectivity index (χ1) is 19.4. The van der Waals surface area contributed by atoms with Gasteiger partial charge in [-0.1, -0.05) is 42.5 Å². The molecule has 5 nitrogen and oxygen atoms in total. The van der Waals surface area contributed by atoms with Gasteiger partial charge >= 0.3 is 0 Å². The van der Waals surface area contributed by atoms with Gasteiger partial charge in [0.05, 0.1) is 17.8 Å². The van der Waals surface area contributed by atoms with Crippen LogP contribution in [0.15, 0.2) is 103 Å². The van der Waals surface area contributed by atoms with Crippen LogP contribution in [0.25, 0.3) is 5.69 Å². The van der Waals surface area contributed by atoms with Gasteiger partial charge in [0.2, 0.25) is 0 Å². The van der Waals surface area contributed by atoms with Crippen molar-refractivity contribution in [3.63, 3.8) is 0 Å². The summed E-state index contributed by atoms with van der Waals surface area (Å²) in [5.74, 6) is 1.64. The van der Waals surface area contributed by atoms with Crippen LogP contribution in [0, 0.1) is 27.7 Å². The SMILES string of the molecule is Cc1ccccc1Oc1ccc(N2C(=S)N[C@H](c3ccccn3)[C@@H]2c2c(C)c(C)n(-c3ccccc3)c2C)cc1. The number of hydrogen-bond donors (Lipinski definition) is 1. The van der Waals surface area contributed by atoms with Crippen molar-refractivity contribution in [3.05, 3.63) is 137 Å². The fourth-order valence-corrected chi connectivity index (χ4v) is 6.15. The van der Waals surface area contributed by atoms with Crippen molar-refractivity contribution < 1.29 is 4.74 Å². The Morgan fingerprint density at radius 3 is 2.15 bits per heavy atom. The molecule has 40 heavy (non-hydrogen) atoms. The Morgan fingerprint density at radius 1 is 0.750 bits per heavy atom. The fourth-order valence-electron chi connectivity index (χ4n) is 5.81. The van der Waals surface area contributed by atoms with Crippen molar-refractivity contribution >= 4 is 23.0 Å². The van der Waals surface area contributed by atoms with E-state index in [1.54, 1.807) is 0 Å². The lowest BCUT2D eigenvalue weighted by Gasteiger charge is -2.29. The van der Waals surface area contributed by atoms with Crippen LogP contribution in [0.3, 0.4) is 0 Å². The van der Waals surface area contributed by atoms with E-state index in [0.717, 1.165) is 34.1 Å². The number of thiocarbonyl (C=S) groups is 1. The number of nitrogens with one attached hydrogen (secondary N) is 1. The van der Waals surface area contributed by atoms with Crippen LogP contribution in [0.4, 0.5) is 5.69 Å². The quantitative estimate of drug-likeness (QED) is 0.219. The van der Waals surface area contributed by atoms with E-state index in [2.05, 4.69) is 97.1 Å². The molecule has 6 heteroatoms. The Balaban J connectivity index is 1.44. The van der Waals surface area contributed by atoms with Crippen molar-refractivity contribution in [1.82, 2.24) is 14.9 Å². The maximum absolute atomic E-state index is 6.18. The molecule has 1 N–H and O–H groups in total. The van der Waals surface area contributed by atoms with Crippen LogP contribution in [0.2, 0.25) is 0 Å². The molecule has 5 aromatic rings. The average molecular weight is 545 g/mol. The minimum Gasteiger partial charge on any atom is -0.457 e. The zero-order valence-electron chi connectivity index (χ0n) is 23.1. The number of benzene rings is 3. The zero-order valence-corrected chi connectivity index (χ0v) is 23.9. The molecule has 1 saturated heterocycles. The monoisotopic (exact) mass is 544 g/mol. The van der Waals surface area contributed by atoms with Gasteiger partial charge in [0.25, 0.3) is 0 Å². The van der Waals surface area contributed by atoms with Crippen LogP contribution in [-0.2, 0) is 0 Å². The van der Waals surface area contributed by atoms with E-state index in [1.165, 1.54) is 22.5 Å². The molecule has 0 saturated carbocycles. The number of anilines is 1. The summed E-state index contributed by atoms with van der Waals surface area (Å²) < 4.78 is 8.53. The van der Waals surface area contributed by atoms with Gasteiger partial charge in [-0.05, 0) is 106 Å². The molecule has 0 radical (unpaired) electrons. The van der Waals surface area contributed by atoms with E-state index < -0.39 is 0 Å². The summed E-state index contributed by atoms with van der Waals surface area (Å²) in [5, 5.41) is 4.28. The first-order valence-electron chi connectivity index (χ1n) is 13.5. The summed E-state index contributed by atoms with van der Waals surface area (Å²) in [5.41, 5.74) is 9.13. The Kier molecular flexibility index (Phi) is 6.86. The predicted octanol–water partition coefficient (Wildman–Crippen LogP) is 8.08. The van der Waals surface area contributed by atoms with Gasteiger partial charge in [-0.25, -0.2) is 0 Å². The molecule has 6 rings (SSSR count). The van der Waals surface area contributed by atoms with Crippen molar-refractivity contribution in [2.75, 3.05) is 4.90 Å². The van der Waals surface area contributed by atoms with E-state index in [9.17, 15) is 0 Å². The molecule has 1 aliphatic rings. The number of pyridine rings is 1. The summed E-state index contributed by atoms with van der Waals surface area (Å²) in [6, 6.07) is 32.6. The third-order valence-corrected chi connectivity index (χ3v) is 8.17. The van der Waals surface area contributed by atoms with E-state index in [1.807, 2.05) is 48.7 Å². The number of nitrogens with zero attached hydrogens (tertiary/aromatic N) is 3. The molecule has 0 unspecified atom stereocenters. The van der Waals surface area contributed by atoms with Crippen LogP contribution in [-0.4, -0.2) is 14.7 Å². The Morgan fingerprint density at radius 2 is 1.45 bits per heavy atom. The molecular formula is C34H32N4OS. The normalized spacial score (nSPS) is 16.7. The van der Waals surface area contributed by atoms with Crippen molar-refractivity contribution in [1.29, 1.82) is 0 Å². The number of aromatic nitrogens is 2. The number of rotatable bonds is 6. The molecule has 2 atom stereocenters. The Bertz CT molecular complexity index is 1660. The lowest BCUT2D eigenvalue weighted by atomic mass is 9.93. The topological polar surface area (TPSA) is 42.3 Å². The molecule has 0 bridgehead atoms. The highest BCUT2D eigenvalue weighted by Crippen LogP contribution is 2.45. The van der Waals surface area contributed by atoms with Gasteiger partial charge in [-0.3, -0.25) is 4.98 Å². The number of ether oxygens (including phenoxy) is 1. The van der Waals surface area contributed by atoms with Gasteiger partial charge in [0.15, 0.2) is 5.11 Å². The van der Waals surface area contributed by atoms with Crippen molar-refractivity contribution in [2.45, 2.75) is 39.8 Å². The van der Waals surface area contributed by atoms with Gasteiger partial charge in [-0.15, -0.1) is 0 Å². The zero-order chi connectivity index (χ0) is 27.8. The van der Waals surface area contributed by atoms with Gasteiger partial charge < -0.3 is 19.5 Å². The van der Waals surface area contributed by atoms with Crippen molar-refractivity contribution in [2.24, 2.45) is 0 Å². The summed E-state index contributed by atoms with van der Waals surface area (Å²) >= 11 is 6.00.